The molecule has 0 bridgehead atoms. The van der Waals surface area contributed by atoms with E-state index in [4.69, 9.17) is 4.74 Å². The highest BCUT2D eigenvalue weighted by Gasteiger charge is 2.22. The van der Waals surface area contributed by atoms with E-state index in [1.165, 1.54) is 0 Å². The van der Waals surface area contributed by atoms with Crippen LogP contribution in [0.25, 0.3) is 22.0 Å². The molecular formula is C15H13N3O3. The minimum atomic E-state index is -0.575. The second kappa shape index (κ2) is 5.24. The highest BCUT2D eigenvalue weighted by atomic mass is 16.5. The van der Waals surface area contributed by atoms with Gasteiger partial charge in [-0.15, -0.1) is 5.10 Å². The van der Waals surface area contributed by atoms with Crippen molar-refractivity contribution in [3.8, 4) is 17.0 Å². The molecule has 0 aliphatic rings. The summed E-state index contributed by atoms with van der Waals surface area (Å²) in [6, 6.07) is 10.9. The van der Waals surface area contributed by atoms with Crippen LogP contribution in [0.1, 0.15) is 17.4 Å². The van der Waals surface area contributed by atoms with Crippen LogP contribution in [0.15, 0.2) is 36.4 Å². The van der Waals surface area contributed by atoms with Crippen molar-refractivity contribution >= 4 is 16.7 Å². The van der Waals surface area contributed by atoms with Crippen molar-refractivity contribution < 1.29 is 14.6 Å². The number of hydrogen-bond donors (Lipinski definition) is 2. The lowest BCUT2D eigenvalue weighted by Gasteiger charge is -2.08. The third-order valence-corrected chi connectivity index (χ3v) is 3.16. The lowest BCUT2D eigenvalue weighted by Crippen LogP contribution is -2.07. The fourth-order valence-corrected chi connectivity index (χ4v) is 2.26. The molecule has 0 saturated carbocycles. The van der Waals surface area contributed by atoms with Crippen LogP contribution in [-0.4, -0.2) is 33.1 Å². The number of rotatable bonds is 3. The largest absolute Gasteiger partial charge is 0.507 e. The van der Waals surface area contributed by atoms with Crippen molar-refractivity contribution in [2.45, 2.75) is 6.92 Å². The standard InChI is InChI=1S/C15H13N3O3/c1-2-21-15(20)14-13(16-18-17-14)12-10-6-4-3-5-9(10)7-8-11(12)19/h3-8,19H,2H2,1H3,(H,16,17,18). The Labute approximate surface area is 120 Å². The summed E-state index contributed by atoms with van der Waals surface area (Å²) in [6.07, 6.45) is 0. The summed E-state index contributed by atoms with van der Waals surface area (Å²) in [5.74, 6) is -0.540. The van der Waals surface area contributed by atoms with Crippen molar-refractivity contribution in [1.29, 1.82) is 0 Å². The molecule has 106 valence electrons. The van der Waals surface area contributed by atoms with Crippen LogP contribution in [0.3, 0.4) is 0 Å². The Kier molecular flexibility index (Phi) is 3.27. The van der Waals surface area contributed by atoms with Crippen LogP contribution in [-0.2, 0) is 4.74 Å². The number of carbonyl (C=O) groups is 1. The van der Waals surface area contributed by atoms with Crippen molar-refractivity contribution in [3.05, 3.63) is 42.1 Å². The molecule has 2 aromatic carbocycles. The number of esters is 1. The predicted molar refractivity (Wildman–Crippen MR) is 76.9 cm³/mol. The highest BCUT2D eigenvalue weighted by molar-refractivity contribution is 6.03. The molecule has 0 atom stereocenters. The summed E-state index contributed by atoms with van der Waals surface area (Å²) in [7, 11) is 0. The Morgan fingerprint density at radius 1 is 1.24 bits per heavy atom. The van der Waals surface area contributed by atoms with Crippen molar-refractivity contribution in [2.24, 2.45) is 0 Å². The Morgan fingerprint density at radius 2 is 2.05 bits per heavy atom. The number of ether oxygens (including phenoxy) is 1. The van der Waals surface area contributed by atoms with Crippen LogP contribution >= 0.6 is 0 Å². The average Bonchev–Trinajstić information content (AvgIpc) is 2.96. The fraction of sp³-hybridized carbons (Fsp3) is 0.133. The molecule has 21 heavy (non-hydrogen) atoms. The summed E-state index contributed by atoms with van der Waals surface area (Å²) in [4.78, 5) is 11.9. The summed E-state index contributed by atoms with van der Waals surface area (Å²) in [6.45, 7) is 1.96. The number of aromatic hydroxyl groups is 1. The number of aromatic nitrogens is 3. The van der Waals surface area contributed by atoms with Gasteiger partial charge in [0.1, 0.15) is 11.4 Å². The monoisotopic (exact) mass is 283 g/mol. The number of nitrogens with one attached hydrogen (secondary N) is 1. The van der Waals surface area contributed by atoms with Gasteiger partial charge in [-0.05, 0) is 23.8 Å². The molecule has 0 amide bonds. The van der Waals surface area contributed by atoms with Crippen LogP contribution in [0.4, 0.5) is 0 Å². The first-order valence-corrected chi connectivity index (χ1v) is 6.51. The zero-order valence-electron chi connectivity index (χ0n) is 11.3. The van der Waals surface area contributed by atoms with Gasteiger partial charge in [0.05, 0.1) is 12.2 Å². The molecule has 3 aromatic rings. The van der Waals surface area contributed by atoms with Gasteiger partial charge in [-0.2, -0.15) is 10.3 Å². The first kappa shape index (κ1) is 13.1. The molecule has 0 fully saturated rings. The highest BCUT2D eigenvalue weighted by Crippen LogP contribution is 2.36. The van der Waals surface area contributed by atoms with E-state index in [0.29, 0.717) is 5.56 Å². The molecule has 0 spiro atoms. The van der Waals surface area contributed by atoms with Crippen LogP contribution in [0.5, 0.6) is 5.75 Å². The maximum Gasteiger partial charge on any atom is 0.361 e. The van der Waals surface area contributed by atoms with Crippen molar-refractivity contribution in [1.82, 2.24) is 15.4 Å². The number of hydrogen-bond acceptors (Lipinski definition) is 5. The van der Waals surface area contributed by atoms with Gasteiger partial charge in [0.15, 0.2) is 5.69 Å². The van der Waals surface area contributed by atoms with E-state index < -0.39 is 5.97 Å². The molecule has 2 N–H and O–H groups in total. The first-order valence-electron chi connectivity index (χ1n) is 6.51. The van der Waals surface area contributed by atoms with E-state index in [0.717, 1.165) is 10.8 Å². The van der Waals surface area contributed by atoms with Gasteiger partial charge in [0.2, 0.25) is 0 Å². The summed E-state index contributed by atoms with van der Waals surface area (Å²) in [5.41, 5.74) is 0.802. The molecule has 6 nitrogen and oxygen atoms in total. The second-order valence-electron chi connectivity index (χ2n) is 4.42. The van der Waals surface area contributed by atoms with E-state index in [2.05, 4.69) is 15.4 Å². The smallest absolute Gasteiger partial charge is 0.361 e. The summed E-state index contributed by atoms with van der Waals surface area (Å²) >= 11 is 0. The SMILES string of the molecule is CCOC(=O)c1n[nH]nc1-c1c(O)ccc2ccccc12. The molecule has 0 saturated heterocycles. The molecule has 0 unspecified atom stereocenters. The first-order chi connectivity index (χ1) is 10.2. The summed E-state index contributed by atoms with van der Waals surface area (Å²) < 4.78 is 4.96. The third kappa shape index (κ3) is 2.20. The minimum Gasteiger partial charge on any atom is -0.507 e. The fourth-order valence-electron chi connectivity index (χ4n) is 2.26. The number of H-pyrrole nitrogens is 1. The van der Waals surface area contributed by atoms with Crippen LogP contribution < -0.4 is 0 Å². The van der Waals surface area contributed by atoms with Gasteiger partial charge >= 0.3 is 5.97 Å². The number of nitrogens with zero attached hydrogens (tertiary/aromatic N) is 2. The van der Waals surface area contributed by atoms with Gasteiger partial charge < -0.3 is 9.84 Å². The van der Waals surface area contributed by atoms with Gasteiger partial charge in [-0.1, -0.05) is 30.3 Å². The Bertz CT molecular complexity index is 811. The predicted octanol–water partition coefficient (Wildman–Crippen LogP) is 2.51. The minimum absolute atomic E-state index is 0.0353. The lowest BCUT2D eigenvalue weighted by molar-refractivity contribution is 0.0520. The third-order valence-electron chi connectivity index (χ3n) is 3.16. The Hall–Kier alpha value is -2.89. The number of phenolic OH excluding ortho intramolecular Hbond substituents is 1. The van der Waals surface area contributed by atoms with Crippen LogP contribution in [0, 0.1) is 0 Å². The topological polar surface area (TPSA) is 88.1 Å². The molecule has 0 radical (unpaired) electrons. The van der Waals surface area contributed by atoms with Crippen molar-refractivity contribution in [2.75, 3.05) is 6.61 Å². The van der Waals surface area contributed by atoms with Crippen LogP contribution in [0.2, 0.25) is 0 Å². The van der Waals surface area contributed by atoms with Gasteiger partial charge in [-0.25, -0.2) is 4.79 Å². The molecule has 1 aromatic heterocycles. The van der Waals surface area contributed by atoms with E-state index in [1.807, 2.05) is 24.3 Å². The zero-order chi connectivity index (χ0) is 14.8. The Morgan fingerprint density at radius 3 is 2.86 bits per heavy atom. The molecule has 0 aliphatic carbocycles. The zero-order valence-corrected chi connectivity index (χ0v) is 11.3. The van der Waals surface area contributed by atoms with E-state index in [9.17, 15) is 9.90 Å². The quantitative estimate of drug-likeness (QED) is 0.721. The normalized spacial score (nSPS) is 10.7. The second-order valence-corrected chi connectivity index (χ2v) is 4.42. The molecule has 3 rings (SSSR count). The molecule has 6 heteroatoms. The maximum atomic E-state index is 11.9. The summed E-state index contributed by atoms with van der Waals surface area (Å²) in [5, 5.41) is 22.2. The van der Waals surface area contributed by atoms with E-state index >= 15 is 0 Å². The van der Waals surface area contributed by atoms with Gasteiger partial charge in [0, 0.05) is 0 Å². The average molecular weight is 283 g/mol. The number of benzene rings is 2. The molecule has 1 heterocycles. The maximum absolute atomic E-state index is 11.9. The number of phenols is 1. The van der Waals surface area contributed by atoms with E-state index in [-0.39, 0.29) is 23.7 Å². The number of carbonyl (C=O) groups excluding carboxylic acids is 1. The molecule has 0 aliphatic heterocycles. The Balaban J connectivity index is 2.24. The van der Waals surface area contributed by atoms with Crippen molar-refractivity contribution in [3.63, 3.8) is 0 Å². The van der Waals surface area contributed by atoms with Gasteiger partial charge in [-0.3, -0.25) is 0 Å². The lowest BCUT2D eigenvalue weighted by atomic mass is 10.00. The number of aromatic amines is 1. The van der Waals surface area contributed by atoms with Gasteiger partial charge in [0.25, 0.3) is 0 Å². The molecular weight excluding hydrogens is 270 g/mol. The van der Waals surface area contributed by atoms with E-state index in [1.54, 1.807) is 19.1 Å². The number of fused-ring (bicyclic) bond motifs is 1.